The maximum atomic E-state index is 14.5. The Hall–Kier alpha value is -9.63. The second-order valence-electron chi connectivity index (χ2n) is 24.8. The standard InChI is InChI=1S/C63H97N19O18S/c1-33(2)22-42(56(92)79-46(29-83)62(98)82-21-11-16-48(82)63(99)100)75-54(90)41(17-18-49(67)85)74-59(95)45(26-50(86)87)77-58(94)44(25-37-28-69-32-71-37)76-53(89)39(14-7-9-19-64)73-60(96)47(30-101)80-57(93)43(23-35-12-5-4-6-13-35)78-61(97)51(34(3)84)81-55(91)40(15-8-10-20-65)72-52(88)38(66)24-36-27-68-31-70-36/h4-6,12-13,27-28,31-34,38-48,51,83-84,101H,7-11,14-26,29-30,64-66H2,1-3H3,(H2,67,85)(H,68,70)(H,69,71)(H,72,88)(H,73,96)(H,74,95)(H,75,90)(H,76,89)(H,77,94)(H,78,97)(H,79,92)(H,80,93)(H,81,91)(H,86,87)(H,99,100)/t34-,38+,39+,40+,41+,42+,43+,44+,45+,46+,47+,48+,51+/m1/s1. The fourth-order valence-corrected chi connectivity index (χ4v) is 11.0. The average molecular weight is 1440 g/mol. The molecule has 558 valence electrons. The molecule has 1 fully saturated rings. The highest BCUT2D eigenvalue weighted by Crippen LogP contribution is 2.19. The number of thiol groups is 1. The monoisotopic (exact) mass is 1440 g/mol. The van der Waals surface area contributed by atoms with E-state index in [0.717, 1.165) is 4.90 Å². The third-order valence-electron chi connectivity index (χ3n) is 16.2. The summed E-state index contributed by atoms with van der Waals surface area (Å²) in [5, 5.41) is 65.5. The molecular formula is C63H97N19O18S. The molecule has 2 aromatic heterocycles. The van der Waals surface area contributed by atoms with Gasteiger partial charge in [-0.1, -0.05) is 44.2 Å². The first-order valence-electron chi connectivity index (χ1n) is 33.1. The number of likely N-dealkylation sites (tertiary alicyclic amines) is 1. The highest BCUT2D eigenvalue weighted by molar-refractivity contribution is 7.80. The summed E-state index contributed by atoms with van der Waals surface area (Å²) >= 11 is 4.32. The van der Waals surface area contributed by atoms with Crippen LogP contribution in [0.2, 0.25) is 0 Å². The van der Waals surface area contributed by atoms with Gasteiger partial charge in [-0.15, -0.1) is 0 Å². The largest absolute Gasteiger partial charge is 0.481 e. The Morgan fingerprint density at radius 1 is 0.574 bits per heavy atom. The lowest BCUT2D eigenvalue weighted by molar-refractivity contribution is -0.150. The number of hydrogen-bond acceptors (Lipinski definition) is 22. The van der Waals surface area contributed by atoms with Crippen molar-refractivity contribution < 1.29 is 87.5 Å². The van der Waals surface area contributed by atoms with Crippen LogP contribution in [-0.4, -0.2) is 239 Å². The molecule has 0 radical (unpaired) electrons. The second kappa shape index (κ2) is 43.1. The van der Waals surface area contributed by atoms with Crippen LogP contribution in [0, 0.1) is 5.92 Å². The number of amides is 12. The molecule has 3 aromatic rings. The lowest BCUT2D eigenvalue weighted by atomic mass is 10.0. The van der Waals surface area contributed by atoms with Gasteiger partial charge in [0, 0.05) is 61.8 Å². The summed E-state index contributed by atoms with van der Waals surface area (Å²) in [5.74, 6) is -15.8. The summed E-state index contributed by atoms with van der Waals surface area (Å²) in [6.45, 7) is 4.03. The SMILES string of the molecule is CC(C)C[C@H](NC(=O)[C@H](CCC(N)=O)NC(=O)[C@H](CC(=O)O)NC(=O)[C@H](Cc1cnc[nH]1)NC(=O)[C@H](CCCCN)NC(=O)[C@H](CS)NC(=O)[C@H](Cc1ccccc1)NC(=O)[C@@H](NC(=O)[C@H](CCCCN)NC(=O)[C@@H](N)Cc1cnc[nH]1)[C@@H](C)O)C(=O)N[C@@H](CO)C(=O)N1CCC[C@H]1C(=O)O. The molecule has 1 aliphatic rings. The number of imidazole rings is 2. The van der Waals surface area contributed by atoms with Gasteiger partial charge in [0.2, 0.25) is 70.9 Å². The van der Waals surface area contributed by atoms with Crippen molar-refractivity contribution in [2.24, 2.45) is 28.9 Å². The normalized spacial score (nSPS) is 16.3. The number of aliphatic carboxylic acids is 2. The molecule has 1 aliphatic heterocycles. The molecule has 0 bridgehead atoms. The first-order valence-corrected chi connectivity index (χ1v) is 33.7. The van der Waals surface area contributed by atoms with E-state index in [1.165, 1.54) is 32.0 Å². The Labute approximate surface area is 587 Å². The molecule has 0 spiro atoms. The van der Waals surface area contributed by atoms with Crippen molar-refractivity contribution in [1.29, 1.82) is 0 Å². The number of nitrogens with zero attached hydrogens (tertiary/aromatic N) is 3. The number of nitrogens with one attached hydrogen (secondary N) is 12. The minimum atomic E-state index is -2.05. The van der Waals surface area contributed by atoms with Gasteiger partial charge in [0.05, 0.1) is 37.8 Å². The van der Waals surface area contributed by atoms with Gasteiger partial charge in [-0.3, -0.25) is 62.3 Å². The topological polar surface area (TPSA) is 605 Å². The van der Waals surface area contributed by atoms with Crippen LogP contribution in [-0.2, 0) is 86.4 Å². The number of carbonyl (C=O) groups is 14. The maximum Gasteiger partial charge on any atom is 0.326 e. The number of benzene rings is 1. The molecule has 37 nitrogen and oxygen atoms in total. The van der Waals surface area contributed by atoms with Crippen LogP contribution in [0.3, 0.4) is 0 Å². The van der Waals surface area contributed by atoms with Crippen LogP contribution in [0.1, 0.15) is 115 Å². The zero-order valence-electron chi connectivity index (χ0n) is 56.5. The first-order chi connectivity index (χ1) is 48.0. The zero-order chi connectivity index (χ0) is 74.9. The number of primary amides is 1. The van der Waals surface area contributed by atoms with Gasteiger partial charge >= 0.3 is 11.9 Å². The number of H-pyrrole nitrogens is 2. The molecule has 0 saturated carbocycles. The molecule has 4 rings (SSSR count). The Bertz CT molecular complexity index is 3240. The van der Waals surface area contributed by atoms with Crippen molar-refractivity contribution in [3.63, 3.8) is 0 Å². The third kappa shape index (κ3) is 28.5. The van der Waals surface area contributed by atoms with E-state index < -0.39 is 199 Å². The lowest BCUT2D eigenvalue weighted by Crippen LogP contribution is -2.62. The summed E-state index contributed by atoms with van der Waals surface area (Å²) in [7, 11) is 0. The van der Waals surface area contributed by atoms with Crippen LogP contribution >= 0.6 is 12.6 Å². The molecular weight excluding hydrogens is 1340 g/mol. The molecule has 0 aliphatic carbocycles. The zero-order valence-corrected chi connectivity index (χ0v) is 57.4. The molecule has 1 saturated heterocycles. The molecule has 101 heavy (non-hydrogen) atoms. The van der Waals surface area contributed by atoms with Crippen LogP contribution in [0.4, 0.5) is 0 Å². The second-order valence-corrected chi connectivity index (χ2v) is 25.2. The van der Waals surface area contributed by atoms with Gasteiger partial charge in [-0.25, -0.2) is 14.8 Å². The number of hydrogen-bond donors (Lipinski definition) is 21. The Morgan fingerprint density at radius 3 is 1.53 bits per heavy atom. The summed E-state index contributed by atoms with van der Waals surface area (Å²) in [4.78, 5) is 206. The van der Waals surface area contributed by atoms with E-state index in [4.69, 9.17) is 22.9 Å². The number of carboxylic acids is 2. The Morgan fingerprint density at radius 2 is 1.03 bits per heavy atom. The maximum absolute atomic E-state index is 14.5. The predicted octanol–water partition coefficient (Wildman–Crippen LogP) is -6.24. The quantitative estimate of drug-likeness (QED) is 0.0185. The fourth-order valence-electron chi connectivity index (χ4n) is 10.7. The smallest absolute Gasteiger partial charge is 0.326 e. The number of aliphatic hydroxyl groups is 2. The van der Waals surface area contributed by atoms with E-state index >= 15 is 0 Å². The fraction of sp³-hybridized carbons (Fsp3) is 0.587. The molecule has 1 aromatic carbocycles. The summed E-state index contributed by atoms with van der Waals surface area (Å²) < 4.78 is 0. The Balaban J connectivity index is 1.57. The number of carbonyl (C=O) groups excluding carboxylic acids is 12. The van der Waals surface area contributed by atoms with Gasteiger partial charge in [-0.05, 0) is 95.7 Å². The van der Waals surface area contributed by atoms with Crippen LogP contribution in [0.15, 0.2) is 55.4 Å². The van der Waals surface area contributed by atoms with Gasteiger partial charge in [0.15, 0.2) is 0 Å². The van der Waals surface area contributed by atoms with E-state index in [2.05, 4.69) is 85.7 Å². The van der Waals surface area contributed by atoms with Crippen molar-refractivity contribution in [1.82, 2.24) is 78.0 Å². The van der Waals surface area contributed by atoms with Gasteiger partial charge in [0.1, 0.15) is 66.5 Å². The van der Waals surface area contributed by atoms with Crippen LogP contribution in [0.5, 0.6) is 0 Å². The van der Waals surface area contributed by atoms with E-state index in [1.54, 1.807) is 44.2 Å². The highest BCUT2D eigenvalue weighted by Gasteiger charge is 2.41. The lowest BCUT2D eigenvalue weighted by Gasteiger charge is -2.29. The molecule has 38 heteroatoms. The van der Waals surface area contributed by atoms with E-state index in [0.29, 0.717) is 36.9 Å². The Kier molecular flexibility index (Phi) is 35.8. The number of unbranched alkanes of at least 4 members (excludes halogenated alkanes) is 2. The van der Waals surface area contributed by atoms with Crippen molar-refractivity contribution in [3.05, 3.63) is 72.3 Å². The minimum Gasteiger partial charge on any atom is -0.481 e. The number of aromatic amines is 2. The number of aromatic nitrogens is 4. The average Bonchev–Trinajstić information content (AvgIpc) is 1.83. The minimum absolute atomic E-state index is 0.0278. The number of nitrogens with two attached hydrogens (primary N) is 4. The summed E-state index contributed by atoms with van der Waals surface area (Å²) in [6.07, 6.45) is 2.60. The number of aliphatic hydroxyl groups excluding tert-OH is 2. The molecule has 0 unspecified atom stereocenters. The van der Waals surface area contributed by atoms with Crippen LogP contribution in [0.25, 0.3) is 0 Å². The van der Waals surface area contributed by atoms with E-state index in [1.807, 2.05) is 0 Å². The van der Waals surface area contributed by atoms with Crippen molar-refractivity contribution >= 4 is 95.5 Å². The third-order valence-corrected chi connectivity index (χ3v) is 16.5. The van der Waals surface area contributed by atoms with Gasteiger partial charge in [0.25, 0.3) is 0 Å². The number of carboxylic acid groups (broad SMARTS) is 2. The summed E-state index contributed by atoms with van der Waals surface area (Å²) in [6, 6.07) is -10.3. The molecule has 3 heterocycles. The molecule has 24 N–H and O–H groups in total. The van der Waals surface area contributed by atoms with Crippen molar-refractivity contribution in [2.75, 3.05) is 32.0 Å². The van der Waals surface area contributed by atoms with E-state index in [-0.39, 0.29) is 76.2 Å². The first kappa shape index (κ1) is 83.8. The predicted molar refractivity (Wildman–Crippen MR) is 363 cm³/mol. The molecule has 12 amide bonds. The van der Waals surface area contributed by atoms with Crippen molar-refractivity contribution in [3.8, 4) is 0 Å². The molecule has 13 atom stereocenters. The van der Waals surface area contributed by atoms with Crippen LogP contribution < -0.4 is 76.1 Å². The summed E-state index contributed by atoms with van der Waals surface area (Å²) in [5.41, 5.74) is 24.3. The number of rotatable bonds is 46. The highest BCUT2D eigenvalue weighted by atomic mass is 32.1. The van der Waals surface area contributed by atoms with Gasteiger partial charge in [-0.2, -0.15) is 12.6 Å². The van der Waals surface area contributed by atoms with Gasteiger partial charge < -0.3 is 111 Å². The van der Waals surface area contributed by atoms with Crippen molar-refractivity contribution in [2.45, 2.75) is 196 Å². The van der Waals surface area contributed by atoms with E-state index in [9.17, 15) is 87.5 Å².